The molecular formula is C15H16N2O2. The molecule has 1 heterocycles. The average molecular weight is 256 g/mol. The molecule has 0 bridgehead atoms. The molecule has 0 spiro atoms. The number of carbonyl (C=O) groups excluding carboxylic acids is 1. The molecule has 0 saturated carbocycles. The highest BCUT2D eigenvalue weighted by atomic mass is 16.5. The zero-order chi connectivity index (χ0) is 13.8. The standard InChI is InChI=1S/C15H16N2O2/c1-4-13-12(9-10(2)16-17-13)15(18)11-7-5-6-8-14(11)19-3/h5-9H,4H2,1-3H3. The predicted octanol–water partition coefficient (Wildman–Crippen LogP) is 2.59. The van der Waals surface area contributed by atoms with Crippen LogP contribution >= 0.6 is 0 Å². The topological polar surface area (TPSA) is 52.1 Å². The van der Waals surface area contributed by atoms with E-state index in [-0.39, 0.29) is 5.78 Å². The molecule has 2 rings (SSSR count). The number of hydrogen-bond acceptors (Lipinski definition) is 4. The van der Waals surface area contributed by atoms with Crippen LogP contribution in [0.1, 0.15) is 34.2 Å². The van der Waals surface area contributed by atoms with Crippen LogP contribution in [0.4, 0.5) is 0 Å². The molecule has 19 heavy (non-hydrogen) atoms. The minimum atomic E-state index is -0.0766. The SMILES string of the molecule is CCc1nnc(C)cc1C(=O)c1ccccc1OC. The summed E-state index contributed by atoms with van der Waals surface area (Å²) in [5.41, 5.74) is 2.59. The molecule has 0 fully saturated rings. The fourth-order valence-electron chi connectivity index (χ4n) is 1.95. The molecule has 0 atom stereocenters. The smallest absolute Gasteiger partial charge is 0.198 e. The average Bonchev–Trinajstić information content (AvgIpc) is 2.46. The minimum Gasteiger partial charge on any atom is -0.496 e. The van der Waals surface area contributed by atoms with Crippen LogP contribution in [0.2, 0.25) is 0 Å². The number of ether oxygens (including phenoxy) is 1. The molecule has 0 amide bonds. The molecule has 1 aromatic heterocycles. The molecule has 4 nitrogen and oxygen atoms in total. The normalized spacial score (nSPS) is 10.3. The maximum Gasteiger partial charge on any atom is 0.198 e. The maximum absolute atomic E-state index is 12.6. The number of para-hydroxylation sites is 1. The van der Waals surface area contributed by atoms with Crippen molar-refractivity contribution in [1.29, 1.82) is 0 Å². The number of rotatable bonds is 4. The van der Waals surface area contributed by atoms with Crippen LogP contribution in [0.5, 0.6) is 5.75 Å². The van der Waals surface area contributed by atoms with Gasteiger partial charge in [-0.05, 0) is 31.5 Å². The molecule has 0 aliphatic carbocycles. The number of aromatic nitrogens is 2. The Hall–Kier alpha value is -2.23. The Bertz CT molecular complexity index is 609. The number of carbonyl (C=O) groups is 1. The van der Waals surface area contributed by atoms with Gasteiger partial charge in [-0.1, -0.05) is 19.1 Å². The first-order valence-corrected chi connectivity index (χ1v) is 6.18. The van der Waals surface area contributed by atoms with Gasteiger partial charge in [0.25, 0.3) is 0 Å². The fraction of sp³-hybridized carbons (Fsp3) is 0.267. The van der Waals surface area contributed by atoms with E-state index < -0.39 is 0 Å². The molecule has 2 aromatic rings. The summed E-state index contributed by atoms with van der Waals surface area (Å²) >= 11 is 0. The number of nitrogens with zero attached hydrogens (tertiary/aromatic N) is 2. The van der Waals surface area contributed by atoms with Crippen molar-refractivity contribution in [2.75, 3.05) is 7.11 Å². The van der Waals surface area contributed by atoms with Gasteiger partial charge in [-0.2, -0.15) is 10.2 Å². The minimum absolute atomic E-state index is 0.0766. The van der Waals surface area contributed by atoms with E-state index in [4.69, 9.17) is 4.74 Å². The first-order valence-electron chi connectivity index (χ1n) is 6.18. The Morgan fingerprint density at radius 3 is 2.63 bits per heavy atom. The Morgan fingerprint density at radius 1 is 1.21 bits per heavy atom. The summed E-state index contributed by atoms with van der Waals surface area (Å²) in [6.07, 6.45) is 0.670. The van der Waals surface area contributed by atoms with Crippen molar-refractivity contribution >= 4 is 5.78 Å². The summed E-state index contributed by atoms with van der Waals surface area (Å²) in [4.78, 5) is 12.6. The lowest BCUT2D eigenvalue weighted by Crippen LogP contribution is -2.10. The van der Waals surface area contributed by atoms with E-state index >= 15 is 0 Å². The van der Waals surface area contributed by atoms with Crippen LogP contribution in [0.25, 0.3) is 0 Å². The van der Waals surface area contributed by atoms with Crippen molar-refractivity contribution in [3.8, 4) is 5.75 Å². The highest BCUT2D eigenvalue weighted by molar-refractivity contribution is 6.11. The van der Waals surface area contributed by atoms with Gasteiger partial charge in [0, 0.05) is 5.56 Å². The largest absolute Gasteiger partial charge is 0.496 e. The van der Waals surface area contributed by atoms with E-state index in [1.54, 1.807) is 25.3 Å². The zero-order valence-corrected chi connectivity index (χ0v) is 11.3. The van der Waals surface area contributed by atoms with Gasteiger partial charge in [0.05, 0.1) is 24.1 Å². The van der Waals surface area contributed by atoms with Crippen molar-refractivity contribution in [2.45, 2.75) is 20.3 Å². The summed E-state index contributed by atoms with van der Waals surface area (Å²) in [5, 5.41) is 8.08. The molecular weight excluding hydrogens is 240 g/mol. The quantitative estimate of drug-likeness (QED) is 0.789. The van der Waals surface area contributed by atoms with Gasteiger partial charge in [0.2, 0.25) is 0 Å². The predicted molar refractivity (Wildman–Crippen MR) is 72.6 cm³/mol. The molecule has 1 aromatic carbocycles. The van der Waals surface area contributed by atoms with Crippen molar-refractivity contribution < 1.29 is 9.53 Å². The van der Waals surface area contributed by atoms with Crippen molar-refractivity contribution in [3.05, 3.63) is 52.8 Å². The van der Waals surface area contributed by atoms with Gasteiger partial charge < -0.3 is 4.74 Å². The molecule has 0 radical (unpaired) electrons. The summed E-state index contributed by atoms with van der Waals surface area (Å²) < 4.78 is 5.23. The third kappa shape index (κ3) is 2.62. The van der Waals surface area contributed by atoms with Crippen LogP contribution in [0, 0.1) is 6.92 Å². The number of aryl methyl sites for hydroxylation is 2. The lowest BCUT2D eigenvalue weighted by Gasteiger charge is -2.09. The second kappa shape index (κ2) is 5.61. The number of hydrogen-bond donors (Lipinski definition) is 0. The van der Waals surface area contributed by atoms with Crippen LogP contribution in [-0.4, -0.2) is 23.1 Å². The fourth-order valence-corrected chi connectivity index (χ4v) is 1.95. The molecule has 4 heteroatoms. The third-order valence-corrected chi connectivity index (χ3v) is 2.92. The zero-order valence-electron chi connectivity index (χ0n) is 11.3. The first-order chi connectivity index (χ1) is 9.17. The summed E-state index contributed by atoms with van der Waals surface area (Å²) in [6.45, 7) is 3.78. The van der Waals surface area contributed by atoms with Crippen LogP contribution in [0.3, 0.4) is 0 Å². The van der Waals surface area contributed by atoms with Gasteiger partial charge in [0.1, 0.15) is 5.75 Å². The second-order valence-electron chi connectivity index (χ2n) is 4.23. The molecule has 0 unspecified atom stereocenters. The molecule has 0 aliphatic heterocycles. The van der Waals surface area contributed by atoms with E-state index in [0.29, 0.717) is 29.0 Å². The van der Waals surface area contributed by atoms with E-state index in [0.717, 1.165) is 5.69 Å². The molecule has 0 N–H and O–H groups in total. The second-order valence-corrected chi connectivity index (χ2v) is 4.23. The van der Waals surface area contributed by atoms with E-state index in [1.165, 1.54) is 0 Å². The Labute approximate surface area is 112 Å². The monoisotopic (exact) mass is 256 g/mol. The van der Waals surface area contributed by atoms with Crippen LogP contribution in [-0.2, 0) is 6.42 Å². The molecule has 0 aliphatic rings. The first kappa shape index (κ1) is 13.2. The van der Waals surface area contributed by atoms with Crippen molar-refractivity contribution in [2.24, 2.45) is 0 Å². The van der Waals surface area contributed by atoms with Gasteiger partial charge in [0.15, 0.2) is 5.78 Å². The van der Waals surface area contributed by atoms with E-state index in [2.05, 4.69) is 10.2 Å². The Balaban J connectivity index is 2.52. The molecule has 98 valence electrons. The van der Waals surface area contributed by atoms with Crippen molar-refractivity contribution in [1.82, 2.24) is 10.2 Å². The highest BCUT2D eigenvalue weighted by Crippen LogP contribution is 2.22. The van der Waals surface area contributed by atoms with Crippen LogP contribution in [0.15, 0.2) is 30.3 Å². The number of ketones is 1. The Morgan fingerprint density at radius 2 is 1.95 bits per heavy atom. The van der Waals surface area contributed by atoms with Gasteiger partial charge in [-0.25, -0.2) is 0 Å². The van der Waals surface area contributed by atoms with E-state index in [1.807, 2.05) is 26.0 Å². The molecule has 0 saturated heterocycles. The lowest BCUT2D eigenvalue weighted by atomic mass is 10.00. The van der Waals surface area contributed by atoms with E-state index in [9.17, 15) is 4.79 Å². The Kier molecular flexibility index (Phi) is 3.90. The lowest BCUT2D eigenvalue weighted by molar-refractivity contribution is 0.103. The third-order valence-electron chi connectivity index (χ3n) is 2.92. The van der Waals surface area contributed by atoms with Gasteiger partial charge >= 0.3 is 0 Å². The maximum atomic E-state index is 12.6. The van der Waals surface area contributed by atoms with Gasteiger partial charge in [-0.15, -0.1) is 0 Å². The van der Waals surface area contributed by atoms with Crippen LogP contribution < -0.4 is 4.74 Å². The summed E-state index contributed by atoms with van der Waals surface area (Å²) in [6, 6.07) is 8.98. The number of benzene rings is 1. The van der Waals surface area contributed by atoms with Gasteiger partial charge in [-0.3, -0.25) is 4.79 Å². The van der Waals surface area contributed by atoms with Crippen molar-refractivity contribution in [3.63, 3.8) is 0 Å². The summed E-state index contributed by atoms with van der Waals surface area (Å²) in [7, 11) is 1.56. The highest BCUT2D eigenvalue weighted by Gasteiger charge is 2.18. The summed E-state index contributed by atoms with van der Waals surface area (Å²) in [5.74, 6) is 0.497. The number of methoxy groups -OCH3 is 1.